The van der Waals surface area contributed by atoms with Crippen molar-refractivity contribution in [1.29, 1.82) is 0 Å². The highest BCUT2D eigenvalue weighted by Gasteiger charge is 2.35. The van der Waals surface area contributed by atoms with Gasteiger partial charge in [-0.05, 0) is 41.8 Å². The average molecular weight is 473 g/mol. The van der Waals surface area contributed by atoms with Crippen LogP contribution in [0.3, 0.4) is 0 Å². The maximum atomic E-state index is 13.2. The number of thiophene rings is 1. The molecule has 0 unspecified atom stereocenters. The van der Waals surface area contributed by atoms with Crippen molar-refractivity contribution in [2.45, 2.75) is 17.4 Å². The third kappa shape index (κ3) is 4.74. The predicted octanol–water partition coefficient (Wildman–Crippen LogP) is 5.89. The lowest BCUT2D eigenvalue weighted by Crippen LogP contribution is -2.28. The number of benzene rings is 2. The summed E-state index contributed by atoms with van der Waals surface area (Å²) in [6.07, 6.45) is 0.612. The first kappa shape index (κ1) is 21.7. The second kappa shape index (κ2) is 9.77. The molecule has 0 saturated heterocycles. The maximum Gasteiger partial charge on any atom is 0.253 e. The minimum absolute atomic E-state index is 0.0682. The molecule has 4 rings (SSSR count). The highest BCUT2D eigenvalue weighted by atomic mass is 35.5. The Labute approximate surface area is 194 Å². The van der Waals surface area contributed by atoms with Gasteiger partial charge in [0, 0.05) is 21.9 Å². The average Bonchev–Trinajstić information content (AvgIpc) is 3.48. The number of halogens is 1. The minimum atomic E-state index is -0.263. The van der Waals surface area contributed by atoms with Gasteiger partial charge in [-0.2, -0.15) is 5.10 Å². The van der Waals surface area contributed by atoms with E-state index in [9.17, 15) is 4.79 Å². The Morgan fingerprint density at radius 1 is 1.16 bits per heavy atom. The van der Waals surface area contributed by atoms with Crippen molar-refractivity contribution in [3.63, 3.8) is 0 Å². The number of carbonyl (C=O) groups excluding carboxylic acids is 1. The van der Waals surface area contributed by atoms with Gasteiger partial charge in [-0.15, -0.1) is 23.1 Å². The van der Waals surface area contributed by atoms with Crippen molar-refractivity contribution < 1.29 is 14.3 Å². The topological polar surface area (TPSA) is 51.1 Å². The van der Waals surface area contributed by atoms with Crippen molar-refractivity contribution in [3.8, 4) is 11.5 Å². The van der Waals surface area contributed by atoms with Crippen LogP contribution in [0.4, 0.5) is 0 Å². The molecule has 3 aromatic rings. The molecule has 0 radical (unpaired) electrons. The number of hydrazone groups is 1. The lowest BCUT2D eigenvalue weighted by atomic mass is 9.99. The summed E-state index contributed by atoms with van der Waals surface area (Å²) in [6, 6.07) is 16.9. The van der Waals surface area contributed by atoms with Gasteiger partial charge in [0.15, 0.2) is 11.5 Å². The van der Waals surface area contributed by atoms with Crippen LogP contribution < -0.4 is 9.47 Å². The zero-order valence-corrected chi connectivity index (χ0v) is 19.5. The number of thioether (sulfide) groups is 1. The summed E-state index contributed by atoms with van der Waals surface area (Å²) in [6.45, 7) is 0. The number of carbonyl (C=O) groups is 1. The first-order chi connectivity index (χ1) is 15.1. The molecular weight excluding hydrogens is 452 g/mol. The summed E-state index contributed by atoms with van der Waals surface area (Å²) < 4.78 is 11.1. The maximum absolute atomic E-state index is 13.2. The lowest BCUT2D eigenvalue weighted by Gasteiger charge is -2.24. The SMILES string of the molecule is COc1cccc([C@@H]2CC(c3cccs3)=NN2C(=O)CSc2ccc(Cl)cc2)c1OC. The van der Waals surface area contributed by atoms with Gasteiger partial charge in [-0.25, -0.2) is 5.01 Å². The lowest BCUT2D eigenvalue weighted by molar-refractivity contribution is -0.130. The smallest absolute Gasteiger partial charge is 0.253 e. The summed E-state index contributed by atoms with van der Waals surface area (Å²) in [5, 5.41) is 9.00. The summed E-state index contributed by atoms with van der Waals surface area (Å²) in [4.78, 5) is 15.3. The molecule has 1 aliphatic rings. The molecule has 5 nitrogen and oxygen atoms in total. The molecule has 0 aliphatic carbocycles. The third-order valence-corrected chi connectivity index (χ3v) is 7.11. The molecule has 2 heterocycles. The Balaban J connectivity index is 1.62. The van der Waals surface area contributed by atoms with Gasteiger partial charge in [0.2, 0.25) is 0 Å². The van der Waals surface area contributed by atoms with Crippen LogP contribution in [0.2, 0.25) is 5.02 Å². The van der Waals surface area contributed by atoms with Gasteiger partial charge in [-0.1, -0.05) is 29.8 Å². The molecule has 0 bridgehead atoms. The van der Waals surface area contributed by atoms with Crippen LogP contribution in [0.1, 0.15) is 22.9 Å². The van der Waals surface area contributed by atoms with Crippen LogP contribution in [0, 0.1) is 0 Å². The standard InChI is InChI=1S/C23H21ClN2O3S2/c1-28-20-6-3-5-17(23(20)29-2)19-13-18(21-7-4-12-30-21)25-26(19)22(27)14-31-16-10-8-15(24)9-11-16/h3-12,19H,13-14H2,1-2H3/t19-/m0/s1. The quantitative estimate of drug-likeness (QED) is 0.402. The van der Waals surface area contributed by atoms with Crippen LogP contribution >= 0.6 is 34.7 Å². The summed E-state index contributed by atoms with van der Waals surface area (Å²) >= 11 is 9.04. The number of ether oxygens (including phenoxy) is 2. The van der Waals surface area contributed by atoms with Gasteiger partial charge in [0.05, 0.1) is 36.6 Å². The van der Waals surface area contributed by atoms with Gasteiger partial charge >= 0.3 is 0 Å². The van der Waals surface area contributed by atoms with E-state index < -0.39 is 0 Å². The van der Waals surface area contributed by atoms with E-state index in [1.807, 2.05) is 60.0 Å². The number of hydrogen-bond donors (Lipinski definition) is 0. The fourth-order valence-corrected chi connectivity index (χ4v) is 5.09. The number of methoxy groups -OCH3 is 2. The number of rotatable bonds is 7. The van der Waals surface area contributed by atoms with Crippen molar-refractivity contribution in [2.75, 3.05) is 20.0 Å². The van der Waals surface area contributed by atoms with Crippen molar-refractivity contribution >= 4 is 46.3 Å². The highest BCUT2D eigenvalue weighted by Crippen LogP contribution is 2.42. The molecule has 0 spiro atoms. The van der Waals surface area contributed by atoms with Crippen molar-refractivity contribution in [1.82, 2.24) is 5.01 Å². The number of amides is 1. The van der Waals surface area contributed by atoms with Gasteiger partial charge in [0.25, 0.3) is 5.91 Å². The van der Waals surface area contributed by atoms with E-state index in [2.05, 4.69) is 0 Å². The van der Waals surface area contributed by atoms with Crippen LogP contribution in [-0.4, -0.2) is 36.6 Å². The van der Waals surface area contributed by atoms with Crippen LogP contribution in [0.5, 0.6) is 11.5 Å². The van der Waals surface area contributed by atoms with E-state index in [-0.39, 0.29) is 17.7 Å². The van der Waals surface area contributed by atoms with Crippen LogP contribution in [0.15, 0.2) is 70.0 Å². The highest BCUT2D eigenvalue weighted by molar-refractivity contribution is 8.00. The molecule has 1 aromatic heterocycles. The fraction of sp³-hybridized carbons (Fsp3) is 0.217. The van der Waals surface area contributed by atoms with Crippen LogP contribution in [0.25, 0.3) is 0 Å². The molecular formula is C23H21ClN2O3S2. The minimum Gasteiger partial charge on any atom is -0.493 e. The number of nitrogens with zero attached hydrogens (tertiary/aromatic N) is 2. The van der Waals surface area contributed by atoms with E-state index in [0.717, 1.165) is 21.0 Å². The van der Waals surface area contributed by atoms with Crippen LogP contribution in [-0.2, 0) is 4.79 Å². The second-order valence-electron chi connectivity index (χ2n) is 6.81. The zero-order chi connectivity index (χ0) is 21.8. The Hall–Kier alpha value is -2.48. The molecule has 1 amide bonds. The fourth-order valence-electron chi connectivity index (χ4n) is 3.49. The molecule has 1 atom stereocenters. The van der Waals surface area contributed by atoms with Crippen molar-refractivity contribution in [2.24, 2.45) is 5.10 Å². The van der Waals surface area contributed by atoms with E-state index in [4.69, 9.17) is 26.2 Å². The number of hydrogen-bond acceptors (Lipinski definition) is 6. The normalized spacial score (nSPS) is 15.6. The first-order valence-electron chi connectivity index (χ1n) is 9.63. The Bertz CT molecular complexity index is 1080. The zero-order valence-electron chi connectivity index (χ0n) is 17.1. The van der Waals surface area contributed by atoms with E-state index in [1.165, 1.54) is 11.8 Å². The Kier molecular flexibility index (Phi) is 6.85. The van der Waals surface area contributed by atoms with Crippen molar-refractivity contribution in [3.05, 3.63) is 75.4 Å². The largest absolute Gasteiger partial charge is 0.493 e. The van der Waals surface area contributed by atoms with E-state index in [1.54, 1.807) is 30.6 Å². The molecule has 160 valence electrons. The van der Waals surface area contributed by atoms with Gasteiger partial charge < -0.3 is 9.47 Å². The summed E-state index contributed by atoms with van der Waals surface area (Å²) in [5.74, 6) is 1.46. The summed E-state index contributed by atoms with van der Waals surface area (Å²) in [7, 11) is 3.22. The van der Waals surface area contributed by atoms with Gasteiger partial charge in [0.1, 0.15) is 0 Å². The Morgan fingerprint density at radius 2 is 1.97 bits per heavy atom. The molecule has 8 heteroatoms. The molecule has 0 saturated carbocycles. The molecule has 0 N–H and O–H groups in total. The Morgan fingerprint density at radius 3 is 2.65 bits per heavy atom. The van der Waals surface area contributed by atoms with E-state index >= 15 is 0 Å². The molecule has 2 aromatic carbocycles. The molecule has 1 aliphatic heterocycles. The van der Waals surface area contributed by atoms with E-state index in [0.29, 0.717) is 22.9 Å². The second-order valence-corrected chi connectivity index (χ2v) is 9.24. The third-order valence-electron chi connectivity index (χ3n) is 4.94. The monoisotopic (exact) mass is 472 g/mol. The molecule has 0 fully saturated rings. The first-order valence-corrected chi connectivity index (χ1v) is 11.9. The summed E-state index contributed by atoms with van der Waals surface area (Å²) in [5.41, 5.74) is 1.77. The number of para-hydroxylation sites is 1. The predicted molar refractivity (Wildman–Crippen MR) is 127 cm³/mol. The van der Waals surface area contributed by atoms with Gasteiger partial charge in [-0.3, -0.25) is 4.79 Å². The molecule has 31 heavy (non-hydrogen) atoms.